The monoisotopic (exact) mass is 393 g/mol. The second-order valence-corrected chi connectivity index (χ2v) is 6.51. The molecule has 29 heavy (non-hydrogen) atoms. The summed E-state index contributed by atoms with van der Waals surface area (Å²) in [5, 5.41) is 13.9. The van der Waals surface area contributed by atoms with Crippen LogP contribution in [0.25, 0.3) is 0 Å². The number of hydrogen-bond donors (Lipinski definition) is 2. The Labute approximate surface area is 167 Å². The van der Waals surface area contributed by atoms with Crippen molar-refractivity contribution in [2.24, 2.45) is 0 Å². The van der Waals surface area contributed by atoms with Gasteiger partial charge in [0, 0.05) is 18.8 Å². The van der Waals surface area contributed by atoms with Gasteiger partial charge >= 0.3 is 0 Å². The van der Waals surface area contributed by atoms with Gasteiger partial charge in [-0.1, -0.05) is 18.2 Å². The van der Waals surface area contributed by atoms with Gasteiger partial charge in [0.2, 0.25) is 0 Å². The van der Waals surface area contributed by atoms with E-state index in [1.54, 1.807) is 18.2 Å². The number of morpholine rings is 1. The maximum atomic E-state index is 13.2. The Morgan fingerprint density at radius 2 is 1.83 bits per heavy atom. The molecule has 2 heterocycles. The van der Waals surface area contributed by atoms with E-state index >= 15 is 0 Å². The van der Waals surface area contributed by atoms with E-state index in [1.165, 1.54) is 18.2 Å². The number of halogens is 1. The third-order valence-corrected chi connectivity index (χ3v) is 4.50. The van der Waals surface area contributed by atoms with Crippen molar-refractivity contribution in [3.63, 3.8) is 0 Å². The lowest BCUT2D eigenvalue weighted by atomic mass is 10.2. The minimum Gasteiger partial charge on any atom is -0.378 e. The van der Waals surface area contributed by atoms with Crippen LogP contribution in [0, 0.1) is 5.82 Å². The summed E-state index contributed by atoms with van der Waals surface area (Å²) >= 11 is 0. The summed E-state index contributed by atoms with van der Waals surface area (Å²) in [6.45, 7) is 3.04. The summed E-state index contributed by atoms with van der Waals surface area (Å²) in [7, 11) is 0. The van der Waals surface area contributed by atoms with Crippen molar-refractivity contribution in [3.05, 3.63) is 72.2 Å². The molecule has 3 aromatic rings. The molecule has 7 nitrogen and oxygen atoms in total. The zero-order valence-electron chi connectivity index (χ0n) is 15.6. The molecule has 2 N–H and O–H groups in total. The number of anilines is 4. The van der Waals surface area contributed by atoms with Crippen LogP contribution in [0.4, 0.5) is 27.3 Å². The second-order valence-electron chi connectivity index (χ2n) is 6.51. The van der Waals surface area contributed by atoms with Gasteiger partial charge in [-0.25, -0.2) is 4.39 Å². The van der Waals surface area contributed by atoms with Gasteiger partial charge < -0.3 is 20.3 Å². The fourth-order valence-electron chi connectivity index (χ4n) is 3.08. The van der Waals surface area contributed by atoms with Crippen LogP contribution in [0.1, 0.15) is 10.5 Å². The first-order valence-electron chi connectivity index (χ1n) is 9.28. The first-order valence-corrected chi connectivity index (χ1v) is 9.28. The van der Waals surface area contributed by atoms with E-state index in [0.29, 0.717) is 24.7 Å². The molecule has 2 aromatic carbocycles. The number of nitrogens with one attached hydrogen (secondary N) is 2. The number of ether oxygens (including phenoxy) is 1. The van der Waals surface area contributed by atoms with Gasteiger partial charge in [0.1, 0.15) is 5.82 Å². The molecule has 0 aliphatic carbocycles. The number of benzene rings is 2. The van der Waals surface area contributed by atoms with Crippen LogP contribution in [0.2, 0.25) is 0 Å². The number of carbonyl (C=O) groups excluding carboxylic acids is 1. The van der Waals surface area contributed by atoms with Crippen LogP contribution in [-0.2, 0) is 4.74 Å². The summed E-state index contributed by atoms with van der Waals surface area (Å²) in [4.78, 5) is 14.5. The molecular formula is C21H20FN5O2. The Morgan fingerprint density at radius 1 is 1.00 bits per heavy atom. The van der Waals surface area contributed by atoms with E-state index in [0.717, 1.165) is 24.5 Å². The molecular weight excluding hydrogens is 373 g/mol. The number of rotatable bonds is 5. The zero-order chi connectivity index (χ0) is 20.1. The average Bonchev–Trinajstić information content (AvgIpc) is 2.75. The Morgan fingerprint density at radius 3 is 2.59 bits per heavy atom. The van der Waals surface area contributed by atoms with Crippen molar-refractivity contribution in [1.82, 2.24) is 10.2 Å². The minimum atomic E-state index is -0.455. The Balaban J connectivity index is 1.45. The molecule has 1 fully saturated rings. The Bertz CT molecular complexity index is 990. The lowest BCUT2D eigenvalue weighted by Gasteiger charge is -2.30. The van der Waals surface area contributed by atoms with Crippen molar-refractivity contribution in [3.8, 4) is 0 Å². The second kappa shape index (κ2) is 8.66. The topological polar surface area (TPSA) is 79.4 Å². The highest BCUT2D eigenvalue weighted by molar-refractivity contribution is 6.02. The minimum absolute atomic E-state index is 0.140. The SMILES string of the molecule is O=C(Nc1cccc(F)c1)c1ccc(Nc2ccccc2N2CCOCC2)nn1. The highest BCUT2D eigenvalue weighted by atomic mass is 19.1. The summed E-state index contributed by atoms with van der Waals surface area (Å²) in [5.41, 5.74) is 2.46. The number of carbonyl (C=O) groups is 1. The number of aromatic nitrogens is 2. The summed E-state index contributed by atoms with van der Waals surface area (Å²) < 4.78 is 18.7. The molecule has 0 bridgehead atoms. The molecule has 1 aliphatic heterocycles. The van der Waals surface area contributed by atoms with E-state index in [2.05, 4.69) is 25.7 Å². The maximum absolute atomic E-state index is 13.2. The smallest absolute Gasteiger partial charge is 0.276 e. The first kappa shape index (κ1) is 18.8. The number of para-hydroxylation sites is 2. The molecule has 1 aliphatic rings. The molecule has 0 unspecified atom stereocenters. The molecule has 0 spiro atoms. The van der Waals surface area contributed by atoms with E-state index in [1.807, 2.05) is 24.3 Å². The van der Waals surface area contributed by atoms with Crippen molar-refractivity contribution < 1.29 is 13.9 Å². The Hall–Kier alpha value is -3.52. The molecule has 1 amide bonds. The standard InChI is InChI=1S/C21H20FN5O2/c22-15-4-3-5-16(14-15)23-21(28)18-8-9-20(26-25-18)24-17-6-1-2-7-19(17)27-10-12-29-13-11-27/h1-9,14H,10-13H2,(H,23,28)(H,24,26). The first-order chi connectivity index (χ1) is 14.2. The molecule has 148 valence electrons. The van der Waals surface area contributed by atoms with Gasteiger partial charge in [-0.15, -0.1) is 10.2 Å². The molecule has 0 saturated carbocycles. The fraction of sp³-hybridized carbons (Fsp3) is 0.190. The third kappa shape index (κ3) is 4.67. The lowest BCUT2D eigenvalue weighted by Crippen LogP contribution is -2.36. The highest BCUT2D eigenvalue weighted by Gasteiger charge is 2.15. The molecule has 1 saturated heterocycles. The summed E-state index contributed by atoms with van der Waals surface area (Å²) in [6, 6.07) is 16.9. The van der Waals surface area contributed by atoms with Crippen molar-refractivity contribution in [2.75, 3.05) is 41.8 Å². The predicted octanol–water partition coefficient (Wildman–Crippen LogP) is 3.45. The van der Waals surface area contributed by atoms with Crippen LogP contribution in [0.3, 0.4) is 0 Å². The largest absolute Gasteiger partial charge is 0.378 e. The van der Waals surface area contributed by atoms with E-state index < -0.39 is 11.7 Å². The van der Waals surface area contributed by atoms with Crippen LogP contribution in [-0.4, -0.2) is 42.4 Å². The molecule has 1 aromatic heterocycles. The Kier molecular flexibility index (Phi) is 5.62. The van der Waals surface area contributed by atoms with Crippen LogP contribution >= 0.6 is 0 Å². The normalized spacial score (nSPS) is 13.8. The van der Waals surface area contributed by atoms with Crippen molar-refractivity contribution in [2.45, 2.75) is 0 Å². The maximum Gasteiger partial charge on any atom is 0.276 e. The average molecular weight is 393 g/mol. The number of amides is 1. The van der Waals surface area contributed by atoms with E-state index in [-0.39, 0.29) is 5.69 Å². The van der Waals surface area contributed by atoms with Crippen molar-refractivity contribution >= 4 is 28.8 Å². The van der Waals surface area contributed by atoms with Gasteiger partial charge in [0.05, 0.1) is 24.6 Å². The fourth-order valence-corrected chi connectivity index (χ4v) is 3.08. The molecule has 4 rings (SSSR count). The van der Waals surface area contributed by atoms with Crippen LogP contribution in [0.15, 0.2) is 60.7 Å². The number of nitrogens with zero attached hydrogens (tertiary/aromatic N) is 3. The molecule has 0 atom stereocenters. The van der Waals surface area contributed by atoms with Gasteiger partial charge in [0.15, 0.2) is 11.5 Å². The summed E-state index contributed by atoms with van der Waals surface area (Å²) in [6.07, 6.45) is 0. The van der Waals surface area contributed by atoms with Crippen LogP contribution in [0.5, 0.6) is 0 Å². The number of hydrogen-bond acceptors (Lipinski definition) is 6. The van der Waals surface area contributed by atoms with Crippen molar-refractivity contribution in [1.29, 1.82) is 0 Å². The molecule has 0 radical (unpaired) electrons. The lowest BCUT2D eigenvalue weighted by molar-refractivity contribution is 0.102. The van der Waals surface area contributed by atoms with Gasteiger partial charge in [0.25, 0.3) is 5.91 Å². The predicted molar refractivity (Wildman–Crippen MR) is 109 cm³/mol. The van der Waals surface area contributed by atoms with E-state index in [4.69, 9.17) is 4.74 Å². The summed E-state index contributed by atoms with van der Waals surface area (Å²) in [5.74, 6) is -0.358. The zero-order valence-corrected chi connectivity index (χ0v) is 15.6. The van der Waals surface area contributed by atoms with E-state index in [9.17, 15) is 9.18 Å². The quantitative estimate of drug-likeness (QED) is 0.691. The van der Waals surface area contributed by atoms with Gasteiger partial charge in [-0.2, -0.15) is 0 Å². The van der Waals surface area contributed by atoms with Gasteiger partial charge in [-0.3, -0.25) is 4.79 Å². The highest BCUT2D eigenvalue weighted by Crippen LogP contribution is 2.28. The molecule has 8 heteroatoms. The van der Waals surface area contributed by atoms with Crippen LogP contribution < -0.4 is 15.5 Å². The van der Waals surface area contributed by atoms with Gasteiger partial charge in [-0.05, 0) is 42.5 Å². The third-order valence-electron chi connectivity index (χ3n) is 4.50.